The molecule has 0 fully saturated rings. The van der Waals surface area contributed by atoms with Crippen molar-refractivity contribution in [3.05, 3.63) is 89.0 Å². The average Bonchev–Trinajstić information content (AvgIpc) is 2.79. The van der Waals surface area contributed by atoms with Gasteiger partial charge in [-0.2, -0.15) is 0 Å². The van der Waals surface area contributed by atoms with Gasteiger partial charge in [-0.15, -0.1) is 5.92 Å². The highest BCUT2D eigenvalue weighted by Crippen LogP contribution is 2.31. The second-order valence-electron chi connectivity index (χ2n) is 6.98. The Kier molecular flexibility index (Phi) is 6.50. The highest BCUT2D eigenvalue weighted by atomic mass is 35.5. The van der Waals surface area contributed by atoms with Crippen LogP contribution in [0, 0.1) is 17.7 Å². The number of ether oxygens (including phenoxy) is 1. The molecule has 1 heterocycles. The van der Waals surface area contributed by atoms with Crippen molar-refractivity contribution in [2.75, 3.05) is 5.32 Å². The first kappa shape index (κ1) is 21.6. The second-order valence-corrected chi connectivity index (χ2v) is 7.39. The molecule has 1 aromatic heterocycles. The minimum atomic E-state index is -0.888. The fourth-order valence-corrected chi connectivity index (χ4v) is 3.42. The van der Waals surface area contributed by atoms with Crippen LogP contribution < -0.4 is 10.1 Å². The smallest absolute Gasteiger partial charge is 0.141 e. The summed E-state index contributed by atoms with van der Waals surface area (Å²) >= 11 is 6.39. The number of rotatable bonds is 6. The number of nitrogens with zero attached hydrogens (tertiary/aromatic N) is 2. The topological polar surface area (TPSA) is 67.3 Å². The van der Waals surface area contributed by atoms with Crippen LogP contribution in [-0.2, 0) is 6.61 Å². The van der Waals surface area contributed by atoms with E-state index in [1.54, 1.807) is 37.3 Å². The molecule has 0 amide bonds. The zero-order valence-corrected chi connectivity index (χ0v) is 17.9. The van der Waals surface area contributed by atoms with Crippen LogP contribution in [0.15, 0.2) is 67.0 Å². The van der Waals surface area contributed by atoms with Crippen molar-refractivity contribution in [1.82, 2.24) is 9.97 Å². The number of hydrogen-bond acceptors (Lipinski definition) is 5. The summed E-state index contributed by atoms with van der Waals surface area (Å²) in [6, 6.07) is 16.9. The lowest BCUT2D eigenvalue weighted by atomic mass is 10.1. The van der Waals surface area contributed by atoms with Gasteiger partial charge in [-0.25, -0.2) is 14.4 Å². The van der Waals surface area contributed by atoms with Crippen molar-refractivity contribution in [2.24, 2.45) is 0 Å². The lowest BCUT2D eigenvalue weighted by molar-refractivity contribution is 0.238. The summed E-state index contributed by atoms with van der Waals surface area (Å²) < 4.78 is 19.1. The van der Waals surface area contributed by atoms with Crippen LogP contribution in [0.25, 0.3) is 10.9 Å². The van der Waals surface area contributed by atoms with E-state index in [9.17, 15) is 9.50 Å². The third-order valence-corrected chi connectivity index (χ3v) is 5.03. The predicted molar refractivity (Wildman–Crippen MR) is 123 cm³/mol. The van der Waals surface area contributed by atoms with Gasteiger partial charge in [0.2, 0.25) is 0 Å². The van der Waals surface area contributed by atoms with Crippen LogP contribution in [0.5, 0.6) is 5.75 Å². The number of aromatic nitrogens is 2. The second kappa shape index (κ2) is 9.65. The van der Waals surface area contributed by atoms with Crippen LogP contribution in [-0.4, -0.2) is 15.1 Å². The summed E-state index contributed by atoms with van der Waals surface area (Å²) in [5.41, 5.74) is 2.79. The highest BCUT2D eigenvalue weighted by Gasteiger charge is 2.11. The van der Waals surface area contributed by atoms with Gasteiger partial charge < -0.3 is 15.2 Å². The summed E-state index contributed by atoms with van der Waals surface area (Å²) in [5.74, 6) is 6.18. The Morgan fingerprint density at radius 1 is 1.12 bits per heavy atom. The van der Waals surface area contributed by atoms with Crippen molar-refractivity contribution < 1.29 is 14.2 Å². The SMILES string of the molecule is CC#CC(O)c1ccc2ncnc(Nc3ccc(OCc4cccc(F)c4)c(Cl)c3)c2c1. The van der Waals surface area contributed by atoms with Crippen LogP contribution in [0.1, 0.15) is 24.2 Å². The Morgan fingerprint density at radius 3 is 2.78 bits per heavy atom. The monoisotopic (exact) mass is 447 g/mol. The molecule has 5 nitrogen and oxygen atoms in total. The number of benzene rings is 3. The first-order valence-corrected chi connectivity index (χ1v) is 10.2. The Hall–Kier alpha value is -3.66. The number of nitrogens with one attached hydrogen (secondary N) is 1. The third-order valence-electron chi connectivity index (χ3n) is 4.73. The Labute approximate surface area is 189 Å². The fraction of sp³-hybridized carbons (Fsp3) is 0.120. The normalized spacial score (nSPS) is 11.5. The zero-order chi connectivity index (χ0) is 22.5. The molecule has 1 atom stereocenters. The molecule has 2 N–H and O–H groups in total. The molecule has 0 spiro atoms. The molecule has 4 rings (SSSR count). The van der Waals surface area contributed by atoms with E-state index in [4.69, 9.17) is 16.3 Å². The molecule has 0 bridgehead atoms. The van der Waals surface area contributed by atoms with Crippen molar-refractivity contribution in [2.45, 2.75) is 19.6 Å². The Morgan fingerprint density at radius 2 is 2.00 bits per heavy atom. The van der Waals surface area contributed by atoms with Crippen LogP contribution in [0.2, 0.25) is 5.02 Å². The quantitative estimate of drug-likeness (QED) is 0.365. The van der Waals surface area contributed by atoms with E-state index in [1.165, 1.54) is 18.5 Å². The summed E-state index contributed by atoms with van der Waals surface area (Å²) in [7, 11) is 0. The van der Waals surface area contributed by atoms with Gasteiger partial charge in [-0.1, -0.05) is 35.7 Å². The highest BCUT2D eigenvalue weighted by molar-refractivity contribution is 6.32. The van der Waals surface area contributed by atoms with E-state index in [0.29, 0.717) is 33.4 Å². The van der Waals surface area contributed by atoms with E-state index < -0.39 is 6.10 Å². The maximum Gasteiger partial charge on any atom is 0.141 e. The van der Waals surface area contributed by atoms with E-state index >= 15 is 0 Å². The first-order chi connectivity index (χ1) is 15.5. The van der Waals surface area contributed by atoms with Crippen molar-refractivity contribution >= 4 is 34.0 Å². The zero-order valence-electron chi connectivity index (χ0n) is 17.1. The summed E-state index contributed by atoms with van der Waals surface area (Å²) in [4.78, 5) is 8.61. The molecule has 1 unspecified atom stereocenters. The van der Waals surface area contributed by atoms with Gasteiger partial charge in [0.15, 0.2) is 0 Å². The average molecular weight is 448 g/mol. The molecule has 0 saturated heterocycles. The molecule has 3 aromatic carbocycles. The number of fused-ring (bicyclic) bond motifs is 1. The number of aliphatic hydroxyl groups excluding tert-OH is 1. The largest absolute Gasteiger partial charge is 0.487 e. The van der Waals surface area contributed by atoms with Crippen LogP contribution in [0.4, 0.5) is 15.9 Å². The Bertz CT molecular complexity index is 1330. The molecule has 0 radical (unpaired) electrons. The molecule has 0 aliphatic heterocycles. The lowest BCUT2D eigenvalue weighted by Crippen LogP contribution is -2.00. The first-order valence-electron chi connectivity index (χ1n) is 9.82. The van der Waals surface area contributed by atoms with Gasteiger partial charge in [0.1, 0.15) is 36.4 Å². The predicted octanol–water partition coefficient (Wildman–Crippen LogP) is 5.80. The molecular weight excluding hydrogens is 429 g/mol. The van der Waals surface area contributed by atoms with Crippen molar-refractivity contribution in [3.8, 4) is 17.6 Å². The van der Waals surface area contributed by atoms with Gasteiger partial charge in [0.25, 0.3) is 0 Å². The third kappa shape index (κ3) is 4.97. The minimum absolute atomic E-state index is 0.201. The van der Waals surface area contributed by atoms with Crippen LogP contribution in [0.3, 0.4) is 0 Å². The molecule has 4 aromatic rings. The molecule has 0 saturated carbocycles. The lowest BCUT2D eigenvalue weighted by Gasteiger charge is -2.13. The van der Waals surface area contributed by atoms with Crippen molar-refractivity contribution in [3.63, 3.8) is 0 Å². The Balaban J connectivity index is 1.55. The van der Waals surface area contributed by atoms with Crippen LogP contribution >= 0.6 is 11.6 Å². The van der Waals surface area contributed by atoms with Gasteiger partial charge in [-0.3, -0.25) is 0 Å². The van der Waals surface area contributed by atoms with Gasteiger partial charge in [0, 0.05) is 11.1 Å². The maximum atomic E-state index is 13.3. The standard InChI is InChI=1S/C25H19ClFN3O2/c1-2-4-23(31)17-7-9-22-20(12-17)25(29-15-28-22)30-19-8-10-24(21(26)13-19)32-14-16-5-3-6-18(27)11-16/h3,5-13,15,23,31H,14H2,1H3,(H,28,29,30). The summed E-state index contributed by atoms with van der Waals surface area (Å²) in [6.07, 6.45) is 0.575. The van der Waals surface area contributed by atoms with Gasteiger partial charge in [-0.05, 0) is 60.5 Å². The molecular formula is C25H19ClFN3O2. The van der Waals surface area contributed by atoms with E-state index in [2.05, 4.69) is 27.1 Å². The maximum absolute atomic E-state index is 13.3. The minimum Gasteiger partial charge on any atom is -0.487 e. The molecule has 7 heteroatoms. The van der Waals surface area contributed by atoms with E-state index in [1.807, 2.05) is 18.2 Å². The number of hydrogen-bond donors (Lipinski definition) is 2. The molecule has 32 heavy (non-hydrogen) atoms. The summed E-state index contributed by atoms with van der Waals surface area (Å²) in [6.45, 7) is 1.88. The molecule has 160 valence electrons. The molecule has 0 aliphatic rings. The van der Waals surface area contributed by atoms with Gasteiger partial charge in [0.05, 0.1) is 10.5 Å². The van der Waals surface area contributed by atoms with Crippen molar-refractivity contribution in [1.29, 1.82) is 0 Å². The number of aliphatic hydroxyl groups is 1. The van der Waals surface area contributed by atoms with E-state index in [0.717, 1.165) is 10.9 Å². The summed E-state index contributed by atoms with van der Waals surface area (Å²) in [5, 5.41) is 14.6. The molecule has 0 aliphatic carbocycles. The fourth-order valence-electron chi connectivity index (χ4n) is 3.18. The van der Waals surface area contributed by atoms with E-state index in [-0.39, 0.29) is 12.4 Å². The van der Waals surface area contributed by atoms with Gasteiger partial charge >= 0.3 is 0 Å². The number of halogens is 2. The number of anilines is 2.